The summed E-state index contributed by atoms with van der Waals surface area (Å²) >= 11 is 4.82. The standard InChI is InChI=1S/C12H6BrN3O2S/c13-7-3-6-8(16-12(18)11(6)17)4-9(7)19-10-1-2-14-5-15-10/h1-5H,(H,16,17,18). The minimum absolute atomic E-state index is 0.393. The van der Waals surface area contributed by atoms with Crippen LogP contribution in [0.5, 0.6) is 0 Å². The molecule has 7 heteroatoms. The summed E-state index contributed by atoms with van der Waals surface area (Å²) in [4.78, 5) is 31.7. The van der Waals surface area contributed by atoms with E-state index in [1.165, 1.54) is 18.1 Å². The van der Waals surface area contributed by atoms with Crippen molar-refractivity contribution < 1.29 is 9.59 Å². The van der Waals surface area contributed by atoms with Crippen molar-refractivity contribution >= 4 is 45.1 Å². The van der Waals surface area contributed by atoms with Crippen LogP contribution < -0.4 is 5.32 Å². The molecule has 0 bridgehead atoms. The van der Waals surface area contributed by atoms with E-state index in [-0.39, 0.29) is 0 Å². The van der Waals surface area contributed by atoms with Gasteiger partial charge in [0.05, 0.1) is 11.3 Å². The largest absolute Gasteiger partial charge is 0.318 e. The third kappa shape index (κ3) is 2.26. The lowest BCUT2D eigenvalue weighted by Gasteiger charge is -2.06. The summed E-state index contributed by atoms with van der Waals surface area (Å²) in [6, 6.07) is 5.20. The van der Waals surface area contributed by atoms with Gasteiger partial charge in [0, 0.05) is 15.6 Å². The maximum Gasteiger partial charge on any atom is 0.296 e. The van der Waals surface area contributed by atoms with Gasteiger partial charge in [0.15, 0.2) is 0 Å². The van der Waals surface area contributed by atoms with Gasteiger partial charge in [-0.05, 0) is 34.1 Å². The highest BCUT2D eigenvalue weighted by molar-refractivity contribution is 9.10. The van der Waals surface area contributed by atoms with Gasteiger partial charge in [-0.2, -0.15) is 0 Å². The van der Waals surface area contributed by atoms with E-state index in [0.29, 0.717) is 11.3 Å². The molecule has 0 radical (unpaired) electrons. The summed E-state index contributed by atoms with van der Waals surface area (Å²) in [5.74, 6) is -1.10. The molecule has 19 heavy (non-hydrogen) atoms. The third-order valence-electron chi connectivity index (χ3n) is 2.54. The number of nitrogens with one attached hydrogen (secondary N) is 1. The minimum atomic E-state index is -0.592. The number of rotatable bonds is 2. The van der Waals surface area contributed by atoms with Gasteiger partial charge in [0.25, 0.3) is 11.7 Å². The van der Waals surface area contributed by atoms with Crippen LogP contribution in [0.25, 0.3) is 0 Å². The predicted octanol–water partition coefficient (Wildman–Crippen LogP) is 2.53. The molecule has 1 aliphatic heterocycles. The van der Waals surface area contributed by atoms with Gasteiger partial charge in [-0.25, -0.2) is 9.97 Å². The van der Waals surface area contributed by atoms with Crippen LogP contribution in [0.4, 0.5) is 5.69 Å². The van der Waals surface area contributed by atoms with Crippen molar-refractivity contribution in [3.8, 4) is 0 Å². The van der Waals surface area contributed by atoms with Crippen molar-refractivity contribution in [2.24, 2.45) is 0 Å². The molecule has 0 fully saturated rings. The molecule has 1 aromatic carbocycles. The second kappa shape index (κ2) is 4.75. The van der Waals surface area contributed by atoms with Gasteiger partial charge >= 0.3 is 0 Å². The van der Waals surface area contributed by atoms with Gasteiger partial charge in [-0.3, -0.25) is 9.59 Å². The number of hydrogen-bond acceptors (Lipinski definition) is 5. The zero-order chi connectivity index (χ0) is 13.4. The van der Waals surface area contributed by atoms with E-state index in [0.717, 1.165) is 14.4 Å². The average molecular weight is 336 g/mol. The molecule has 0 saturated carbocycles. The van der Waals surface area contributed by atoms with Crippen LogP contribution in [-0.4, -0.2) is 21.7 Å². The molecule has 0 unspecified atom stereocenters. The van der Waals surface area contributed by atoms with Gasteiger partial charge in [-0.15, -0.1) is 0 Å². The first-order chi connectivity index (χ1) is 9.15. The summed E-state index contributed by atoms with van der Waals surface area (Å²) in [5.41, 5.74) is 0.929. The molecule has 3 rings (SSSR count). The van der Waals surface area contributed by atoms with Crippen LogP contribution in [0, 0.1) is 0 Å². The number of benzene rings is 1. The Morgan fingerprint density at radius 2 is 2.11 bits per heavy atom. The average Bonchev–Trinajstić information content (AvgIpc) is 2.67. The molecule has 1 N–H and O–H groups in total. The number of halogens is 1. The fraction of sp³-hybridized carbons (Fsp3) is 0. The minimum Gasteiger partial charge on any atom is -0.318 e. The summed E-state index contributed by atoms with van der Waals surface area (Å²) < 4.78 is 0.750. The van der Waals surface area contributed by atoms with Crippen LogP contribution in [0.3, 0.4) is 0 Å². The topological polar surface area (TPSA) is 72.0 Å². The van der Waals surface area contributed by atoms with Crippen molar-refractivity contribution in [1.82, 2.24) is 9.97 Å². The maximum absolute atomic E-state index is 11.6. The van der Waals surface area contributed by atoms with E-state index in [4.69, 9.17) is 0 Å². The number of amides is 1. The summed E-state index contributed by atoms with van der Waals surface area (Å²) in [6.45, 7) is 0. The Balaban J connectivity index is 1.99. The lowest BCUT2D eigenvalue weighted by Crippen LogP contribution is -2.12. The van der Waals surface area contributed by atoms with Crippen molar-refractivity contribution in [3.63, 3.8) is 0 Å². The monoisotopic (exact) mass is 335 g/mol. The first-order valence-corrected chi connectivity index (χ1v) is 6.89. The first kappa shape index (κ1) is 12.3. The zero-order valence-electron chi connectivity index (χ0n) is 9.38. The van der Waals surface area contributed by atoms with Crippen LogP contribution in [0.2, 0.25) is 0 Å². The van der Waals surface area contributed by atoms with Gasteiger partial charge < -0.3 is 5.32 Å². The number of Topliss-reactive ketones (excluding diaryl/α,β-unsaturated/α-hetero) is 1. The predicted molar refractivity (Wildman–Crippen MR) is 73.3 cm³/mol. The molecule has 0 spiro atoms. The number of anilines is 1. The number of carbonyl (C=O) groups excluding carboxylic acids is 2. The van der Waals surface area contributed by atoms with E-state index >= 15 is 0 Å². The first-order valence-electron chi connectivity index (χ1n) is 5.28. The second-order valence-corrected chi connectivity index (χ2v) is 5.68. The SMILES string of the molecule is O=C1Nc2cc(Sc3ccncn3)c(Br)cc2C1=O. The molecule has 0 atom stereocenters. The van der Waals surface area contributed by atoms with Crippen LogP contribution in [-0.2, 0) is 4.79 Å². The third-order valence-corrected chi connectivity index (χ3v) is 4.47. The van der Waals surface area contributed by atoms with Crippen molar-refractivity contribution in [1.29, 1.82) is 0 Å². The quantitative estimate of drug-likeness (QED) is 0.674. The fourth-order valence-corrected chi connectivity index (χ4v) is 3.05. The second-order valence-electron chi connectivity index (χ2n) is 3.76. The molecule has 2 heterocycles. The fourth-order valence-electron chi connectivity index (χ4n) is 1.68. The van der Waals surface area contributed by atoms with Crippen molar-refractivity contribution in [3.05, 3.63) is 40.8 Å². The summed E-state index contributed by atoms with van der Waals surface area (Å²) in [7, 11) is 0. The molecular weight excluding hydrogens is 330 g/mol. The van der Waals surface area contributed by atoms with Crippen molar-refractivity contribution in [2.75, 3.05) is 5.32 Å². The Kier molecular flexibility index (Phi) is 3.08. The van der Waals surface area contributed by atoms with E-state index in [1.807, 2.05) is 0 Å². The van der Waals surface area contributed by atoms with Crippen molar-refractivity contribution in [2.45, 2.75) is 9.92 Å². The highest BCUT2D eigenvalue weighted by atomic mass is 79.9. The molecule has 1 aliphatic rings. The normalized spacial score (nSPS) is 13.3. The molecule has 1 amide bonds. The Morgan fingerprint density at radius 3 is 2.84 bits per heavy atom. The number of nitrogens with zero attached hydrogens (tertiary/aromatic N) is 2. The number of aromatic nitrogens is 2. The maximum atomic E-state index is 11.6. The molecule has 0 saturated heterocycles. The number of carbonyl (C=O) groups is 2. The summed E-state index contributed by atoms with van der Waals surface area (Å²) in [6.07, 6.45) is 3.12. The van der Waals surface area contributed by atoms with E-state index in [1.54, 1.807) is 24.4 Å². The molecule has 5 nitrogen and oxygen atoms in total. The Morgan fingerprint density at radius 1 is 1.26 bits per heavy atom. The molecule has 94 valence electrons. The highest BCUT2D eigenvalue weighted by Crippen LogP contribution is 2.37. The molecule has 0 aliphatic carbocycles. The Labute approximate surface area is 121 Å². The number of hydrogen-bond donors (Lipinski definition) is 1. The van der Waals surface area contributed by atoms with Gasteiger partial charge in [0.2, 0.25) is 0 Å². The van der Waals surface area contributed by atoms with Gasteiger partial charge in [0.1, 0.15) is 11.4 Å². The van der Waals surface area contributed by atoms with Crippen LogP contribution >= 0.6 is 27.7 Å². The number of fused-ring (bicyclic) bond motifs is 1. The van der Waals surface area contributed by atoms with Crippen LogP contribution in [0.15, 0.2) is 45.1 Å². The smallest absolute Gasteiger partial charge is 0.296 e. The molecule has 1 aromatic heterocycles. The zero-order valence-corrected chi connectivity index (χ0v) is 11.8. The Hall–Kier alpha value is -1.73. The molecular formula is C12H6BrN3O2S. The van der Waals surface area contributed by atoms with E-state index < -0.39 is 11.7 Å². The lowest BCUT2D eigenvalue weighted by atomic mass is 10.1. The summed E-state index contributed by atoms with van der Waals surface area (Å²) in [5, 5.41) is 3.33. The lowest BCUT2D eigenvalue weighted by molar-refractivity contribution is -0.112. The highest BCUT2D eigenvalue weighted by Gasteiger charge is 2.29. The van der Waals surface area contributed by atoms with Crippen LogP contribution in [0.1, 0.15) is 10.4 Å². The van der Waals surface area contributed by atoms with E-state index in [9.17, 15) is 9.59 Å². The Bertz CT molecular complexity index is 691. The number of ketones is 1. The van der Waals surface area contributed by atoms with Gasteiger partial charge in [-0.1, -0.05) is 11.8 Å². The molecule has 2 aromatic rings. The van der Waals surface area contributed by atoms with E-state index in [2.05, 4.69) is 31.2 Å².